The third-order valence-electron chi connectivity index (χ3n) is 5.93. The van der Waals surface area contributed by atoms with Crippen LogP contribution in [0.3, 0.4) is 0 Å². The molecule has 1 aliphatic rings. The molecule has 2 aromatic carbocycles. The number of amides is 2. The lowest BCUT2D eigenvalue weighted by atomic mass is 9.94. The van der Waals surface area contributed by atoms with Gasteiger partial charge in [0.2, 0.25) is 21.8 Å². The molecule has 1 atom stereocenters. The van der Waals surface area contributed by atoms with Gasteiger partial charge in [0, 0.05) is 31.4 Å². The van der Waals surface area contributed by atoms with Gasteiger partial charge in [0.05, 0.1) is 16.6 Å². The molecule has 1 saturated carbocycles. The van der Waals surface area contributed by atoms with Crippen molar-refractivity contribution in [2.75, 3.05) is 22.6 Å². The van der Waals surface area contributed by atoms with E-state index in [0.717, 1.165) is 25.7 Å². The fourth-order valence-corrected chi connectivity index (χ4v) is 5.26. The molecule has 0 spiro atoms. The Hall–Kier alpha value is -2.98. The van der Waals surface area contributed by atoms with Crippen molar-refractivity contribution in [2.45, 2.75) is 62.9 Å². The van der Waals surface area contributed by atoms with E-state index >= 15 is 0 Å². The van der Waals surface area contributed by atoms with Crippen LogP contribution in [-0.4, -0.2) is 39.4 Å². The average Bonchev–Trinajstić information content (AvgIpc) is 2.79. The van der Waals surface area contributed by atoms with Gasteiger partial charge in [-0.1, -0.05) is 19.3 Å². The molecule has 3 N–H and O–H groups in total. The van der Waals surface area contributed by atoms with Crippen LogP contribution in [0.2, 0.25) is 0 Å². The Balaban J connectivity index is 1.62. The molecule has 0 bridgehead atoms. The van der Waals surface area contributed by atoms with Crippen LogP contribution in [0.1, 0.15) is 46.0 Å². The van der Waals surface area contributed by atoms with Crippen LogP contribution in [0, 0.1) is 5.82 Å². The first-order valence-corrected chi connectivity index (χ1v) is 12.8. The Morgan fingerprint density at radius 2 is 1.62 bits per heavy atom. The fourth-order valence-electron chi connectivity index (χ4n) is 4.06. The van der Waals surface area contributed by atoms with Crippen LogP contribution < -0.4 is 20.3 Å². The summed E-state index contributed by atoms with van der Waals surface area (Å²) in [6, 6.07) is 9.24. The molecule has 184 valence electrons. The monoisotopic (exact) mass is 490 g/mol. The minimum Gasteiger partial charge on any atom is -0.369 e. The molecule has 2 aromatic rings. The number of sulfonamides is 1. The summed E-state index contributed by atoms with van der Waals surface area (Å²) in [5.41, 5.74) is 1.17. The van der Waals surface area contributed by atoms with E-state index in [0.29, 0.717) is 17.4 Å². The number of benzene rings is 2. The van der Waals surface area contributed by atoms with Gasteiger partial charge < -0.3 is 15.5 Å². The number of halogens is 1. The molecule has 0 radical (unpaired) electrons. The molecule has 1 aliphatic carbocycles. The predicted octanol–water partition coefficient (Wildman–Crippen LogP) is 3.86. The standard InChI is InChI=1S/C24H31FN4O4S/c1-16(28-34(32,33)21-12-9-18(10-13-21)26-17(2)30)24(31)27-19-11-14-23(22(25)15-19)29(3)20-7-5-4-6-8-20/h9-16,20,28H,4-8H2,1-3H3,(H,26,30)(H,27,31)/t16-/m0/s1. The first-order valence-electron chi connectivity index (χ1n) is 11.3. The Morgan fingerprint density at radius 3 is 2.21 bits per heavy atom. The van der Waals surface area contributed by atoms with Crippen molar-refractivity contribution in [3.8, 4) is 0 Å². The summed E-state index contributed by atoms with van der Waals surface area (Å²) in [6.07, 6.45) is 5.54. The van der Waals surface area contributed by atoms with E-state index in [-0.39, 0.29) is 16.5 Å². The number of hydrogen-bond donors (Lipinski definition) is 3. The van der Waals surface area contributed by atoms with Crippen molar-refractivity contribution in [3.05, 3.63) is 48.3 Å². The van der Waals surface area contributed by atoms with E-state index < -0.39 is 27.8 Å². The molecular formula is C24H31FN4O4S. The second-order valence-corrected chi connectivity index (χ2v) is 10.3. The zero-order valence-electron chi connectivity index (χ0n) is 19.6. The van der Waals surface area contributed by atoms with Crippen molar-refractivity contribution in [3.63, 3.8) is 0 Å². The van der Waals surface area contributed by atoms with Gasteiger partial charge in [-0.2, -0.15) is 4.72 Å². The van der Waals surface area contributed by atoms with Gasteiger partial charge in [-0.05, 0) is 62.2 Å². The maximum absolute atomic E-state index is 14.8. The van der Waals surface area contributed by atoms with Crippen molar-refractivity contribution in [1.82, 2.24) is 4.72 Å². The summed E-state index contributed by atoms with van der Waals surface area (Å²) < 4.78 is 42.3. The average molecular weight is 491 g/mol. The van der Waals surface area contributed by atoms with E-state index in [4.69, 9.17) is 0 Å². The number of hydrogen-bond acceptors (Lipinski definition) is 5. The van der Waals surface area contributed by atoms with E-state index in [2.05, 4.69) is 15.4 Å². The molecule has 0 saturated heterocycles. The van der Waals surface area contributed by atoms with Gasteiger partial charge >= 0.3 is 0 Å². The zero-order chi connectivity index (χ0) is 24.9. The molecule has 0 heterocycles. The molecule has 8 nitrogen and oxygen atoms in total. The third kappa shape index (κ3) is 6.54. The lowest BCUT2D eigenvalue weighted by molar-refractivity contribution is -0.117. The van der Waals surface area contributed by atoms with E-state index in [1.165, 1.54) is 50.6 Å². The molecule has 1 fully saturated rings. The Morgan fingerprint density at radius 1 is 1.00 bits per heavy atom. The Labute approximate surface area is 200 Å². The minimum absolute atomic E-state index is 0.0533. The third-order valence-corrected chi connectivity index (χ3v) is 7.48. The van der Waals surface area contributed by atoms with Gasteiger partial charge in [0.1, 0.15) is 5.82 Å². The lowest BCUT2D eigenvalue weighted by Crippen LogP contribution is -2.41. The van der Waals surface area contributed by atoms with Gasteiger partial charge in [-0.25, -0.2) is 12.8 Å². The van der Waals surface area contributed by atoms with Crippen molar-refractivity contribution in [1.29, 1.82) is 0 Å². The van der Waals surface area contributed by atoms with Crippen molar-refractivity contribution < 1.29 is 22.4 Å². The summed E-state index contributed by atoms with van der Waals surface area (Å²) >= 11 is 0. The summed E-state index contributed by atoms with van der Waals surface area (Å²) in [6.45, 7) is 2.75. The summed E-state index contributed by atoms with van der Waals surface area (Å²) in [4.78, 5) is 25.6. The smallest absolute Gasteiger partial charge is 0.242 e. The summed E-state index contributed by atoms with van der Waals surface area (Å²) in [5.74, 6) is -1.34. The van der Waals surface area contributed by atoms with Crippen molar-refractivity contribution >= 4 is 38.9 Å². The molecule has 3 rings (SSSR count). The number of carbonyl (C=O) groups excluding carboxylic acids is 2. The highest BCUT2D eigenvalue weighted by Crippen LogP contribution is 2.29. The predicted molar refractivity (Wildman–Crippen MR) is 131 cm³/mol. The first kappa shape index (κ1) is 25.6. The van der Waals surface area contributed by atoms with Crippen LogP contribution >= 0.6 is 0 Å². The summed E-state index contributed by atoms with van der Waals surface area (Å²) in [5, 5.41) is 5.11. The molecule has 2 amide bonds. The number of carbonyl (C=O) groups is 2. The molecule has 0 aliphatic heterocycles. The van der Waals surface area contributed by atoms with Crippen LogP contribution in [0.5, 0.6) is 0 Å². The number of anilines is 3. The minimum atomic E-state index is -3.98. The normalized spacial score (nSPS) is 15.4. The van der Waals surface area contributed by atoms with Crippen LogP contribution in [0.15, 0.2) is 47.4 Å². The highest BCUT2D eigenvalue weighted by atomic mass is 32.2. The number of nitrogens with one attached hydrogen (secondary N) is 3. The highest BCUT2D eigenvalue weighted by molar-refractivity contribution is 7.89. The highest BCUT2D eigenvalue weighted by Gasteiger charge is 2.24. The molecule has 0 aromatic heterocycles. The van der Waals surface area contributed by atoms with Crippen molar-refractivity contribution in [2.24, 2.45) is 0 Å². The summed E-state index contributed by atoms with van der Waals surface area (Å²) in [7, 11) is -2.10. The van der Waals surface area contributed by atoms with Gasteiger partial charge in [0.15, 0.2) is 0 Å². The fraction of sp³-hybridized carbons (Fsp3) is 0.417. The molecule has 34 heavy (non-hydrogen) atoms. The molecular weight excluding hydrogens is 459 g/mol. The van der Waals surface area contributed by atoms with Crippen LogP contribution in [0.4, 0.5) is 21.5 Å². The van der Waals surface area contributed by atoms with Crippen LogP contribution in [-0.2, 0) is 19.6 Å². The quantitative estimate of drug-likeness (QED) is 0.521. The first-order chi connectivity index (χ1) is 16.1. The van der Waals surface area contributed by atoms with E-state index in [1.54, 1.807) is 12.1 Å². The number of nitrogens with zero attached hydrogens (tertiary/aromatic N) is 1. The molecule has 10 heteroatoms. The topological polar surface area (TPSA) is 108 Å². The number of rotatable bonds is 8. The SMILES string of the molecule is CC(=O)Nc1ccc(S(=O)(=O)N[C@@H](C)C(=O)Nc2ccc(N(C)C3CCCCC3)c(F)c2)cc1. The van der Waals surface area contributed by atoms with Gasteiger partial charge in [-0.15, -0.1) is 0 Å². The van der Waals surface area contributed by atoms with E-state index in [1.807, 2.05) is 11.9 Å². The largest absolute Gasteiger partial charge is 0.369 e. The van der Waals surface area contributed by atoms with Gasteiger partial charge in [-0.3, -0.25) is 9.59 Å². The Bertz CT molecular complexity index is 1130. The lowest BCUT2D eigenvalue weighted by Gasteiger charge is -2.33. The Kier molecular flexibility index (Phi) is 8.27. The maximum atomic E-state index is 14.8. The second-order valence-electron chi connectivity index (χ2n) is 8.61. The van der Waals surface area contributed by atoms with Crippen LogP contribution in [0.25, 0.3) is 0 Å². The van der Waals surface area contributed by atoms with Gasteiger partial charge in [0.25, 0.3) is 0 Å². The van der Waals surface area contributed by atoms with E-state index in [9.17, 15) is 22.4 Å². The second kappa shape index (κ2) is 11.0. The maximum Gasteiger partial charge on any atom is 0.242 e. The molecule has 0 unspecified atom stereocenters. The zero-order valence-corrected chi connectivity index (χ0v) is 20.4.